The van der Waals surface area contributed by atoms with Gasteiger partial charge >= 0.3 is 0 Å². The monoisotopic (exact) mass is 249 g/mol. The van der Waals surface area contributed by atoms with Gasteiger partial charge in [0.2, 0.25) is 5.91 Å². The summed E-state index contributed by atoms with van der Waals surface area (Å²) in [6, 6.07) is 3.85. The molecule has 0 fully saturated rings. The van der Waals surface area contributed by atoms with Crippen molar-refractivity contribution in [2.24, 2.45) is 0 Å². The Balaban J connectivity index is 2.10. The SMILES string of the molecule is Cc1cc(NC(=O)Cn2[nH]c(=O)ccc2=O)n[nH]1. The number of H-pyrrole nitrogens is 2. The predicted octanol–water partition coefficient (Wildman–Crippen LogP) is -0.793. The molecule has 94 valence electrons. The van der Waals surface area contributed by atoms with Gasteiger partial charge in [0.25, 0.3) is 11.1 Å². The van der Waals surface area contributed by atoms with E-state index < -0.39 is 17.0 Å². The summed E-state index contributed by atoms with van der Waals surface area (Å²) in [4.78, 5) is 34.0. The van der Waals surface area contributed by atoms with E-state index in [0.29, 0.717) is 5.82 Å². The molecule has 0 aliphatic carbocycles. The second-order valence-corrected chi connectivity index (χ2v) is 3.72. The van der Waals surface area contributed by atoms with Crippen LogP contribution in [0.5, 0.6) is 0 Å². The second kappa shape index (κ2) is 4.70. The van der Waals surface area contributed by atoms with Crippen LogP contribution in [-0.4, -0.2) is 25.9 Å². The van der Waals surface area contributed by atoms with Crippen molar-refractivity contribution in [3.05, 3.63) is 44.6 Å². The van der Waals surface area contributed by atoms with E-state index in [4.69, 9.17) is 0 Å². The van der Waals surface area contributed by atoms with Gasteiger partial charge in [-0.2, -0.15) is 5.10 Å². The van der Waals surface area contributed by atoms with Gasteiger partial charge in [-0.05, 0) is 6.92 Å². The maximum Gasteiger partial charge on any atom is 0.265 e. The fourth-order valence-electron chi connectivity index (χ4n) is 1.39. The summed E-state index contributed by atoms with van der Waals surface area (Å²) in [6.07, 6.45) is 0. The van der Waals surface area contributed by atoms with Crippen LogP contribution in [0, 0.1) is 6.92 Å². The van der Waals surface area contributed by atoms with Crippen molar-refractivity contribution >= 4 is 11.7 Å². The molecule has 0 unspecified atom stereocenters. The number of aryl methyl sites for hydroxylation is 1. The van der Waals surface area contributed by atoms with Crippen molar-refractivity contribution < 1.29 is 4.79 Å². The first-order valence-corrected chi connectivity index (χ1v) is 5.16. The van der Waals surface area contributed by atoms with E-state index in [2.05, 4.69) is 20.6 Å². The van der Waals surface area contributed by atoms with Gasteiger partial charge in [-0.15, -0.1) is 0 Å². The molecule has 0 aromatic carbocycles. The van der Waals surface area contributed by atoms with Crippen LogP contribution >= 0.6 is 0 Å². The van der Waals surface area contributed by atoms with Crippen LogP contribution in [0.15, 0.2) is 27.8 Å². The predicted molar refractivity (Wildman–Crippen MR) is 63.3 cm³/mol. The summed E-state index contributed by atoms with van der Waals surface area (Å²) in [5.41, 5.74) is -0.100. The van der Waals surface area contributed by atoms with Crippen LogP contribution in [0.25, 0.3) is 0 Å². The molecule has 0 atom stereocenters. The van der Waals surface area contributed by atoms with E-state index in [-0.39, 0.29) is 6.54 Å². The molecule has 2 aromatic heterocycles. The summed E-state index contributed by atoms with van der Waals surface area (Å²) >= 11 is 0. The molecule has 8 nitrogen and oxygen atoms in total. The molecule has 0 aliphatic heterocycles. The second-order valence-electron chi connectivity index (χ2n) is 3.72. The van der Waals surface area contributed by atoms with Crippen molar-refractivity contribution in [2.75, 3.05) is 5.32 Å². The van der Waals surface area contributed by atoms with Gasteiger partial charge in [0, 0.05) is 23.9 Å². The summed E-state index contributed by atoms with van der Waals surface area (Å²) < 4.78 is 0.928. The average Bonchev–Trinajstić information content (AvgIpc) is 2.69. The van der Waals surface area contributed by atoms with Crippen molar-refractivity contribution in [2.45, 2.75) is 13.5 Å². The van der Waals surface area contributed by atoms with E-state index >= 15 is 0 Å². The van der Waals surface area contributed by atoms with Crippen LogP contribution in [0.4, 0.5) is 5.82 Å². The first-order valence-electron chi connectivity index (χ1n) is 5.16. The van der Waals surface area contributed by atoms with Crippen molar-refractivity contribution in [1.29, 1.82) is 0 Å². The maximum atomic E-state index is 11.6. The van der Waals surface area contributed by atoms with E-state index in [1.807, 2.05) is 0 Å². The lowest BCUT2D eigenvalue weighted by atomic mass is 10.4. The zero-order valence-corrected chi connectivity index (χ0v) is 9.56. The van der Waals surface area contributed by atoms with Crippen molar-refractivity contribution in [3.8, 4) is 0 Å². The lowest BCUT2D eigenvalue weighted by Gasteiger charge is -2.04. The number of aromatic amines is 2. The van der Waals surface area contributed by atoms with Gasteiger partial charge in [0.05, 0.1) is 0 Å². The third-order valence-corrected chi connectivity index (χ3v) is 2.16. The van der Waals surface area contributed by atoms with E-state index in [1.54, 1.807) is 13.0 Å². The molecule has 0 saturated heterocycles. The molecular formula is C10H11N5O3. The van der Waals surface area contributed by atoms with E-state index in [9.17, 15) is 14.4 Å². The minimum atomic E-state index is -0.456. The third kappa shape index (κ3) is 2.73. The number of nitrogens with zero attached hydrogens (tertiary/aromatic N) is 2. The Hall–Kier alpha value is -2.64. The number of hydrogen-bond donors (Lipinski definition) is 3. The molecule has 0 saturated carbocycles. The first-order chi connectivity index (χ1) is 8.54. The molecule has 2 aromatic rings. The molecule has 0 bridgehead atoms. The number of nitrogens with one attached hydrogen (secondary N) is 3. The van der Waals surface area contributed by atoms with Gasteiger partial charge in [-0.1, -0.05) is 0 Å². The van der Waals surface area contributed by atoms with Crippen molar-refractivity contribution in [1.82, 2.24) is 20.0 Å². The lowest BCUT2D eigenvalue weighted by Crippen LogP contribution is -2.32. The van der Waals surface area contributed by atoms with Crippen molar-refractivity contribution in [3.63, 3.8) is 0 Å². The van der Waals surface area contributed by atoms with Crippen LogP contribution in [-0.2, 0) is 11.3 Å². The number of hydrogen-bond acceptors (Lipinski definition) is 4. The average molecular weight is 249 g/mol. The summed E-state index contributed by atoms with van der Waals surface area (Å²) in [7, 11) is 0. The van der Waals surface area contributed by atoms with Gasteiger partial charge in [-0.25, -0.2) is 4.68 Å². The maximum absolute atomic E-state index is 11.6. The first kappa shape index (κ1) is 11.8. The Kier molecular flexibility index (Phi) is 3.09. The molecule has 8 heteroatoms. The number of rotatable bonds is 3. The Morgan fingerprint density at radius 1 is 1.44 bits per heavy atom. The summed E-state index contributed by atoms with van der Waals surface area (Å²) in [5, 5.41) is 11.2. The highest BCUT2D eigenvalue weighted by atomic mass is 16.2. The molecule has 0 radical (unpaired) electrons. The number of carbonyl (C=O) groups is 1. The Bertz CT molecular complexity index is 681. The zero-order chi connectivity index (χ0) is 13.1. The minimum absolute atomic E-state index is 0.277. The molecule has 18 heavy (non-hydrogen) atoms. The van der Waals surface area contributed by atoms with Crippen LogP contribution in [0.3, 0.4) is 0 Å². The molecule has 0 aliphatic rings. The standard InChI is InChI=1S/C10H11N5O3/c1-6-4-7(13-12-6)11-9(17)5-15-10(18)3-2-8(16)14-15/h2-4H,5H2,1H3,(H,14,16)(H2,11,12,13,17). The number of anilines is 1. The zero-order valence-electron chi connectivity index (χ0n) is 9.56. The molecule has 2 heterocycles. The smallest absolute Gasteiger partial charge is 0.265 e. The van der Waals surface area contributed by atoms with Crippen LogP contribution < -0.4 is 16.4 Å². The van der Waals surface area contributed by atoms with Gasteiger partial charge in [0.1, 0.15) is 6.54 Å². The number of amides is 1. The molecule has 2 rings (SSSR count). The highest BCUT2D eigenvalue weighted by molar-refractivity contribution is 5.89. The largest absolute Gasteiger partial charge is 0.308 e. The number of aromatic nitrogens is 4. The minimum Gasteiger partial charge on any atom is -0.308 e. The molecule has 0 spiro atoms. The fourth-order valence-corrected chi connectivity index (χ4v) is 1.39. The Labute approximate surface area is 101 Å². The topological polar surface area (TPSA) is 113 Å². The van der Waals surface area contributed by atoms with E-state index in [0.717, 1.165) is 22.5 Å². The molecule has 3 N–H and O–H groups in total. The van der Waals surface area contributed by atoms with Crippen LogP contribution in [0.1, 0.15) is 5.69 Å². The highest BCUT2D eigenvalue weighted by Crippen LogP contribution is 2.03. The normalized spacial score (nSPS) is 10.3. The molecule has 1 amide bonds. The van der Waals surface area contributed by atoms with Gasteiger partial charge in [-0.3, -0.25) is 24.6 Å². The van der Waals surface area contributed by atoms with E-state index in [1.165, 1.54) is 0 Å². The quantitative estimate of drug-likeness (QED) is 0.661. The van der Waals surface area contributed by atoms with Gasteiger partial charge < -0.3 is 5.32 Å². The summed E-state index contributed by atoms with van der Waals surface area (Å²) in [5.74, 6) is -0.0886. The lowest BCUT2D eigenvalue weighted by molar-refractivity contribution is -0.117. The Morgan fingerprint density at radius 3 is 2.89 bits per heavy atom. The number of carbonyl (C=O) groups excluding carboxylic acids is 1. The highest BCUT2D eigenvalue weighted by Gasteiger charge is 2.07. The fraction of sp³-hybridized carbons (Fsp3) is 0.200. The van der Waals surface area contributed by atoms with Crippen LogP contribution in [0.2, 0.25) is 0 Å². The summed E-state index contributed by atoms with van der Waals surface area (Å²) in [6.45, 7) is 1.52. The molecular weight excluding hydrogens is 238 g/mol. The third-order valence-electron chi connectivity index (χ3n) is 2.16. The Morgan fingerprint density at radius 2 is 2.22 bits per heavy atom. The van der Waals surface area contributed by atoms with Gasteiger partial charge in [0.15, 0.2) is 5.82 Å².